The summed E-state index contributed by atoms with van der Waals surface area (Å²) in [6.07, 6.45) is 1.95. The number of benzene rings is 1. The molecule has 86 valence electrons. The standard InChI is InChI=1S/C12H14O4/c1-9(13)8-16-11-5-3-2-4-10(11)6-7-12(14)15/h2-7,9,13H,8H2,1H3,(H,14,15)/b7-6+. The number of hydrogen-bond donors (Lipinski definition) is 2. The number of carboxylic acid groups (broad SMARTS) is 1. The topological polar surface area (TPSA) is 66.8 Å². The zero-order valence-corrected chi connectivity index (χ0v) is 8.96. The first-order valence-electron chi connectivity index (χ1n) is 4.90. The molecule has 0 aromatic heterocycles. The largest absolute Gasteiger partial charge is 0.490 e. The van der Waals surface area contributed by atoms with E-state index in [0.717, 1.165) is 6.08 Å². The second-order valence-electron chi connectivity index (χ2n) is 3.37. The zero-order chi connectivity index (χ0) is 12.0. The van der Waals surface area contributed by atoms with Crippen LogP contribution in [0.2, 0.25) is 0 Å². The Hall–Kier alpha value is -1.81. The van der Waals surface area contributed by atoms with Crippen molar-refractivity contribution in [2.75, 3.05) is 6.61 Å². The Morgan fingerprint density at radius 2 is 2.19 bits per heavy atom. The van der Waals surface area contributed by atoms with Crippen molar-refractivity contribution in [2.45, 2.75) is 13.0 Å². The van der Waals surface area contributed by atoms with Crippen LogP contribution in [0, 0.1) is 0 Å². The van der Waals surface area contributed by atoms with Gasteiger partial charge in [0.2, 0.25) is 0 Å². The summed E-state index contributed by atoms with van der Waals surface area (Å²) in [4.78, 5) is 10.4. The Morgan fingerprint density at radius 1 is 1.50 bits per heavy atom. The molecule has 16 heavy (non-hydrogen) atoms. The lowest BCUT2D eigenvalue weighted by Gasteiger charge is -2.10. The summed E-state index contributed by atoms with van der Waals surface area (Å²) in [7, 11) is 0. The van der Waals surface area contributed by atoms with Crippen molar-refractivity contribution >= 4 is 12.0 Å². The normalized spacial score (nSPS) is 12.6. The molecule has 1 rings (SSSR count). The Balaban J connectivity index is 2.79. The van der Waals surface area contributed by atoms with Gasteiger partial charge >= 0.3 is 5.97 Å². The lowest BCUT2D eigenvalue weighted by atomic mass is 10.2. The highest BCUT2D eigenvalue weighted by Crippen LogP contribution is 2.19. The van der Waals surface area contributed by atoms with E-state index in [9.17, 15) is 4.79 Å². The third-order valence-corrected chi connectivity index (χ3v) is 1.80. The number of hydrogen-bond acceptors (Lipinski definition) is 3. The van der Waals surface area contributed by atoms with Crippen LogP contribution in [0.5, 0.6) is 5.75 Å². The van der Waals surface area contributed by atoms with Crippen LogP contribution in [0.25, 0.3) is 6.08 Å². The van der Waals surface area contributed by atoms with Crippen LogP contribution >= 0.6 is 0 Å². The summed E-state index contributed by atoms with van der Waals surface area (Å²) in [5.74, 6) is -0.453. The van der Waals surface area contributed by atoms with E-state index in [1.165, 1.54) is 6.08 Å². The van der Waals surface area contributed by atoms with E-state index in [1.54, 1.807) is 31.2 Å². The second-order valence-corrected chi connectivity index (χ2v) is 3.37. The highest BCUT2D eigenvalue weighted by atomic mass is 16.5. The Morgan fingerprint density at radius 3 is 2.81 bits per heavy atom. The monoisotopic (exact) mass is 222 g/mol. The van der Waals surface area contributed by atoms with E-state index in [4.69, 9.17) is 14.9 Å². The summed E-state index contributed by atoms with van der Waals surface area (Å²) in [5, 5.41) is 17.6. The van der Waals surface area contributed by atoms with Gasteiger partial charge in [-0.05, 0) is 19.1 Å². The molecule has 0 saturated heterocycles. The smallest absolute Gasteiger partial charge is 0.328 e. The molecule has 0 spiro atoms. The molecule has 0 heterocycles. The van der Waals surface area contributed by atoms with E-state index in [-0.39, 0.29) is 6.61 Å². The summed E-state index contributed by atoms with van der Waals surface area (Å²) in [5.41, 5.74) is 0.672. The molecule has 1 aromatic carbocycles. The SMILES string of the molecule is CC(O)COc1ccccc1/C=C/C(=O)O. The summed E-state index contributed by atoms with van der Waals surface area (Å²) in [6, 6.07) is 7.05. The van der Waals surface area contributed by atoms with Crippen LogP contribution in [0.3, 0.4) is 0 Å². The van der Waals surface area contributed by atoms with Gasteiger partial charge in [-0.25, -0.2) is 4.79 Å². The third kappa shape index (κ3) is 4.14. The number of aliphatic hydroxyl groups excluding tert-OH is 1. The molecule has 4 nitrogen and oxygen atoms in total. The van der Waals surface area contributed by atoms with Crippen LogP contribution < -0.4 is 4.74 Å². The molecule has 1 unspecified atom stereocenters. The lowest BCUT2D eigenvalue weighted by molar-refractivity contribution is -0.131. The average molecular weight is 222 g/mol. The molecular formula is C12H14O4. The van der Waals surface area contributed by atoms with Gasteiger partial charge in [0.15, 0.2) is 0 Å². The molecule has 0 radical (unpaired) electrons. The van der Waals surface area contributed by atoms with Crippen LogP contribution in [0.15, 0.2) is 30.3 Å². The molecule has 4 heteroatoms. The van der Waals surface area contributed by atoms with Crippen molar-refractivity contribution in [1.82, 2.24) is 0 Å². The van der Waals surface area contributed by atoms with Crippen LogP contribution in [0.4, 0.5) is 0 Å². The zero-order valence-electron chi connectivity index (χ0n) is 8.96. The maximum absolute atomic E-state index is 10.4. The van der Waals surface area contributed by atoms with Gasteiger partial charge in [0, 0.05) is 11.6 Å². The van der Waals surface area contributed by atoms with E-state index >= 15 is 0 Å². The fourth-order valence-electron chi connectivity index (χ4n) is 1.12. The van der Waals surface area contributed by atoms with E-state index < -0.39 is 12.1 Å². The minimum absolute atomic E-state index is 0.178. The molecule has 0 aliphatic heterocycles. The van der Waals surface area contributed by atoms with Crippen molar-refractivity contribution in [3.63, 3.8) is 0 Å². The first-order chi connectivity index (χ1) is 7.59. The summed E-state index contributed by atoms with van der Waals surface area (Å²) < 4.78 is 5.34. The first-order valence-corrected chi connectivity index (χ1v) is 4.90. The number of ether oxygens (including phenoxy) is 1. The number of para-hydroxylation sites is 1. The third-order valence-electron chi connectivity index (χ3n) is 1.80. The lowest BCUT2D eigenvalue weighted by Crippen LogP contribution is -2.13. The van der Waals surface area contributed by atoms with Gasteiger partial charge in [0.25, 0.3) is 0 Å². The second kappa shape index (κ2) is 5.92. The molecule has 1 aromatic rings. The predicted molar refractivity (Wildman–Crippen MR) is 60.3 cm³/mol. The fraction of sp³-hybridized carbons (Fsp3) is 0.250. The van der Waals surface area contributed by atoms with E-state index in [1.807, 2.05) is 0 Å². The van der Waals surface area contributed by atoms with Crippen LogP contribution in [-0.2, 0) is 4.79 Å². The van der Waals surface area contributed by atoms with Gasteiger partial charge in [-0.15, -0.1) is 0 Å². The molecule has 2 N–H and O–H groups in total. The van der Waals surface area contributed by atoms with Crippen LogP contribution in [-0.4, -0.2) is 28.9 Å². The van der Waals surface area contributed by atoms with E-state index in [0.29, 0.717) is 11.3 Å². The molecule has 0 saturated carbocycles. The van der Waals surface area contributed by atoms with Gasteiger partial charge in [0.1, 0.15) is 12.4 Å². The minimum atomic E-state index is -1.01. The number of rotatable bonds is 5. The maximum Gasteiger partial charge on any atom is 0.328 e. The maximum atomic E-state index is 10.4. The molecule has 0 amide bonds. The van der Waals surface area contributed by atoms with Crippen LogP contribution in [0.1, 0.15) is 12.5 Å². The van der Waals surface area contributed by atoms with Gasteiger partial charge in [-0.2, -0.15) is 0 Å². The Kier molecular flexibility index (Phi) is 4.54. The molecule has 1 atom stereocenters. The van der Waals surface area contributed by atoms with Gasteiger partial charge in [-0.3, -0.25) is 0 Å². The average Bonchev–Trinajstić information content (AvgIpc) is 2.24. The molecule has 0 aliphatic rings. The van der Waals surface area contributed by atoms with E-state index in [2.05, 4.69) is 0 Å². The minimum Gasteiger partial charge on any atom is -0.490 e. The number of carboxylic acids is 1. The quantitative estimate of drug-likeness (QED) is 0.742. The highest BCUT2D eigenvalue weighted by molar-refractivity contribution is 5.85. The van der Waals surface area contributed by atoms with Crippen molar-refractivity contribution in [3.05, 3.63) is 35.9 Å². The van der Waals surface area contributed by atoms with Crippen molar-refractivity contribution in [3.8, 4) is 5.75 Å². The van der Waals surface area contributed by atoms with Crippen molar-refractivity contribution in [1.29, 1.82) is 0 Å². The van der Waals surface area contributed by atoms with Gasteiger partial charge < -0.3 is 14.9 Å². The molecule has 0 aliphatic carbocycles. The predicted octanol–water partition coefficient (Wildman–Crippen LogP) is 1.54. The van der Waals surface area contributed by atoms with Gasteiger partial charge in [-0.1, -0.05) is 18.2 Å². The Bertz CT molecular complexity index is 382. The van der Waals surface area contributed by atoms with Crippen molar-refractivity contribution in [2.24, 2.45) is 0 Å². The highest BCUT2D eigenvalue weighted by Gasteiger charge is 2.02. The first kappa shape index (κ1) is 12.3. The summed E-state index contributed by atoms with van der Waals surface area (Å²) >= 11 is 0. The number of aliphatic hydroxyl groups is 1. The molecule has 0 bridgehead atoms. The van der Waals surface area contributed by atoms with Crippen molar-refractivity contribution < 1.29 is 19.7 Å². The molecular weight excluding hydrogens is 208 g/mol. The number of aliphatic carboxylic acids is 1. The fourth-order valence-corrected chi connectivity index (χ4v) is 1.12. The molecule has 0 fully saturated rings. The summed E-state index contributed by atoms with van der Waals surface area (Å²) in [6.45, 7) is 1.80. The number of carbonyl (C=O) groups is 1. The Labute approximate surface area is 93.8 Å². The van der Waals surface area contributed by atoms with Gasteiger partial charge in [0.05, 0.1) is 6.10 Å².